The second-order valence-electron chi connectivity index (χ2n) is 3.83. The van der Waals surface area contributed by atoms with Crippen LogP contribution in [0, 0.1) is 5.92 Å². The van der Waals surface area contributed by atoms with E-state index in [-0.39, 0.29) is 6.67 Å². The van der Waals surface area contributed by atoms with Crippen LogP contribution < -0.4 is 5.32 Å². The summed E-state index contributed by atoms with van der Waals surface area (Å²) in [4.78, 5) is 1.41. The highest BCUT2D eigenvalue weighted by molar-refractivity contribution is 7.10. The molecule has 1 aliphatic rings. The summed E-state index contributed by atoms with van der Waals surface area (Å²) in [5, 5.41) is 5.57. The van der Waals surface area contributed by atoms with E-state index in [0.29, 0.717) is 12.5 Å². The number of rotatable bonds is 6. The molecule has 1 N–H and O–H groups in total. The molecule has 1 aromatic rings. The third kappa shape index (κ3) is 2.55. The molecule has 1 unspecified atom stereocenters. The van der Waals surface area contributed by atoms with Gasteiger partial charge in [0, 0.05) is 10.9 Å². The van der Waals surface area contributed by atoms with E-state index in [4.69, 9.17) is 0 Å². The minimum Gasteiger partial charge on any atom is -0.309 e. The van der Waals surface area contributed by atoms with Crippen LogP contribution in [0.3, 0.4) is 0 Å². The van der Waals surface area contributed by atoms with Crippen molar-refractivity contribution in [3.05, 3.63) is 22.4 Å². The molecule has 0 spiro atoms. The van der Waals surface area contributed by atoms with Gasteiger partial charge in [0.25, 0.3) is 0 Å². The Kier molecular flexibility index (Phi) is 3.54. The fourth-order valence-electron chi connectivity index (χ4n) is 1.72. The summed E-state index contributed by atoms with van der Waals surface area (Å²) in [6.45, 7) is 0.588. The third-order valence-electron chi connectivity index (χ3n) is 2.62. The summed E-state index contributed by atoms with van der Waals surface area (Å²) in [7, 11) is 0. The molecule has 0 saturated heterocycles. The van der Waals surface area contributed by atoms with Crippen molar-refractivity contribution < 1.29 is 4.39 Å². The first-order valence-electron chi connectivity index (χ1n) is 5.24. The SMILES string of the molecule is FCCCNC(c1cccs1)C1CC1. The van der Waals surface area contributed by atoms with Crippen LogP contribution in [0.25, 0.3) is 0 Å². The number of hydrogen-bond acceptors (Lipinski definition) is 2. The van der Waals surface area contributed by atoms with E-state index < -0.39 is 0 Å². The Morgan fingerprint density at radius 2 is 2.43 bits per heavy atom. The highest BCUT2D eigenvalue weighted by Crippen LogP contribution is 2.42. The second-order valence-corrected chi connectivity index (χ2v) is 4.81. The second kappa shape index (κ2) is 4.89. The minimum absolute atomic E-state index is 0.213. The summed E-state index contributed by atoms with van der Waals surface area (Å²) in [6.07, 6.45) is 3.28. The number of halogens is 1. The van der Waals surface area contributed by atoms with Crippen LogP contribution in [0.1, 0.15) is 30.2 Å². The largest absolute Gasteiger partial charge is 0.309 e. The van der Waals surface area contributed by atoms with Gasteiger partial charge in [0.05, 0.1) is 6.67 Å². The quantitative estimate of drug-likeness (QED) is 0.716. The van der Waals surface area contributed by atoms with E-state index >= 15 is 0 Å². The molecular formula is C11H16FNS. The van der Waals surface area contributed by atoms with Gasteiger partial charge >= 0.3 is 0 Å². The number of nitrogens with one attached hydrogen (secondary N) is 1. The molecule has 3 heteroatoms. The fraction of sp³-hybridized carbons (Fsp3) is 0.636. The first kappa shape index (κ1) is 10.1. The smallest absolute Gasteiger partial charge is 0.0906 e. The Bertz CT molecular complexity index is 256. The van der Waals surface area contributed by atoms with Crippen LogP contribution >= 0.6 is 11.3 Å². The van der Waals surface area contributed by atoms with E-state index in [1.54, 1.807) is 11.3 Å². The Balaban J connectivity index is 1.88. The Labute approximate surface area is 88.3 Å². The predicted molar refractivity (Wildman–Crippen MR) is 58.4 cm³/mol. The first-order valence-corrected chi connectivity index (χ1v) is 6.12. The summed E-state index contributed by atoms with van der Waals surface area (Å²) in [5.74, 6) is 0.799. The molecule has 78 valence electrons. The summed E-state index contributed by atoms with van der Waals surface area (Å²) in [6, 6.07) is 4.75. The Morgan fingerprint density at radius 1 is 1.57 bits per heavy atom. The lowest BCUT2D eigenvalue weighted by Gasteiger charge is -2.16. The lowest BCUT2D eigenvalue weighted by Crippen LogP contribution is -2.23. The first-order chi connectivity index (χ1) is 6.92. The van der Waals surface area contributed by atoms with Gasteiger partial charge < -0.3 is 5.32 Å². The molecule has 1 fully saturated rings. The lowest BCUT2D eigenvalue weighted by molar-refractivity contribution is 0.425. The maximum atomic E-state index is 12.0. The van der Waals surface area contributed by atoms with E-state index in [0.717, 1.165) is 12.5 Å². The van der Waals surface area contributed by atoms with Gasteiger partial charge in [-0.2, -0.15) is 0 Å². The lowest BCUT2D eigenvalue weighted by atomic mass is 10.1. The van der Waals surface area contributed by atoms with Crippen LogP contribution in [-0.4, -0.2) is 13.2 Å². The Morgan fingerprint density at radius 3 is 3.00 bits per heavy atom. The number of hydrogen-bond donors (Lipinski definition) is 1. The van der Waals surface area contributed by atoms with Crippen molar-refractivity contribution in [3.8, 4) is 0 Å². The normalized spacial score (nSPS) is 18.4. The van der Waals surface area contributed by atoms with Crippen LogP contribution in [0.2, 0.25) is 0 Å². The molecule has 1 saturated carbocycles. The molecule has 1 atom stereocenters. The van der Waals surface area contributed by atoms with Crippen molar-refractivity contribution in [2.24, 2.45) is 5.92 Å². The van der Waals surface area contributed by atoms with E-state index in [1.807, 2.05) is 0 Å². The zero-order valence-electron chi connectivity index (χ0n) is 8.21. The van der Waals surface area contributed by atoms with Gasteiger partial charge in [-0.15, -0.1) is 11.3 Å². The summed E-state index contributed by atoms with van der Waals surface area (Å²) < 4.78 is 12.0. The third-order valence-corrected chi connectivity index (χ3v) is 3.57. The minimum atomic E-state index is -0.213. The van der Waals surface area contributed by atoms with Crippen molar-refractivity contribution in [1.82, 2.24) is 5.32 Å². The Hall–Kier alpha value is -0.410. The van der Waals surface area contributed by atoms with E-state index in [9.17, 15) is 4.39 Å². The van der Waals surface area contributed by atoms with Crippen LogP contribution in [0.4, 0.5) is 4.39 Å². The van der Waals surface area contributed by atoms with Crippen molar-refractivity contribution in [2.45, 2.75) is 25.3 Å². The molecule has 0 aliphatic heterocycles. The molecule has 0 amide bonds. The molecule has 1 nitrogen and oxygen atoms in total. The number of alkyl halides is 1. The fourth-order valence-corrected chi connectivity index (χ4v) is 2.62. The molecular weight excluding hydrogens is 197 g/mol. The monoisotopic (exact) mass is 213 g/mol. The van der Waals surface area contributed by atoms with Gasteiger partial charge in [-0.05, 0) is 43.2 Å². The average molecular weight is 213 g/mol. The number of thiophene rings is 1. The van der Waals surface area contributed by atoms with Gasteiger partial charge in [0.2, 0.25) is 0 Å². The zero-order valence-corrected chi connectivity index (χ0v) is 9.02. The topological polar surface area (TPSA) is 12.0 Å². The van der Waals surface area contributed by atoms with Gasteiger partial charge in [0.1, 0.15) is 0 Å². The van der Waals surface area contributed by atoms with Crippen molar-refractivity contribution >= 4 is 11.3 Å². The summed E-state index contributed by atoms with van der Waals surface area (Å²) >= 11 is 1.80. The molecule has 0 bridgehead atoms. The molecule has 0 radical (unpaired) electrons. The van der Waals surface area contributed by atoms with Crippen molar-refractivity contribution in [1.29, 1.82) is 0 Å². The van der Waals surface area contributed by atoms with E-state index in [1.165, 1.54) is 17.7 Å². The molecule has 0 aromatic carbocycles. The van der Waals surface area contributed by atoms with Crippen LogP contribution in [0.5, 0.6) is 0 Å². The molecule has 1 aromatic heterocycles. The van der Waals surface area contributed by atoms with Crippen molar-refractivity contribution in [3.63, 3.8) is 0 Å². The van der Waals surface area contributed by atoms with Gasteiger partial charge in [-0.1, -0.05) is 6.07 Å². The van der Waals surface area contributed by atoms with Crippen LogP contribution in [-0.2, 0) is 0 Å². The summed E-state index contributed by atoms with van der Waals surface area (Å²) in [5.41, 5.74) is 0. The maximum Gasteiger partial charge on any atom is 0.0906 e. The zero-order chi connectivity index (χ0) is 9.80. The highest BCUT2D eigenvalue weighted by Gasteiger charge is 2.32. The van der Waals surface area contributed by atoms with Gasteiger partial charge in [-0.3, -0.25) is 4.39 Å². The average Bonchev–Trinajstić information content (AvgIpc) is 2.88. The van der Waals surface area contributed by atoms with Crippen LogP contribution in [0.15, 0.2) is 17.5 Å². The molecule has 1 heterocycles. The molecule has 2 rings (SSSR count). The van der Waals surface area contributed by atoms with E-state index in [2.05, 4.69) is 22.8 Å². The van der Waals surface area contributed by atoms with Crippen molar-refractivity contribution in [2.75, 3.05) is 13.2 Å². The maximum absolute atomic E-state index is 12.0. The van der Waals surface area contributed by atoms with Gasteiger partial charge in [0.15, 0.2) is 0 Å². The standard InChI is InChI=1S/C11H16FNS/c12-6-2-7-13-11(9-4-5-9)10-3-1-8-14-10/h1,3,8-9,11,13H,2,4-7H2. The molecule has 14 heavy (non-hydrogen) atoms. The molecule has 1 aliphatic carbocycles. The predicted octanol–water partition coefficient (Wildman–Crippen LogP) is 3.15. The van der Waals surface area contributed by atoms with Gasteiger partial charge in [-0.25, -0.2) is 0 Å². The highest BCUT2D eigenvalue weighted by atomic mass is 32.1.